The number of nitrogens with zero attached hydrogens (tertiary/aromatic N) is 1. The number of guanidine groups is 1. The van der Waals surface area contributed by atoms with E-state index in [-0.39, 0.29) is 12.0 Å². The molecule has 4 heteroatoms. The van der Waals surface area contributed by atoms with Crippen LogP contribution in [0.1, 0.15) is 72.6 Å². The quantitative estimate of drug-likeness (QED) is 0.452. The van der Waals surface area contributed by atoms with Gasteiger partial charge >= 0.3 is 0 Å². The van der Waals surface area contributed by atoms with Gasteiger partial charge in [-0.1, -0.05) is 33.6 Å². The molecule has 1 saturated carbocycles. The maximum atomic E-state index is 9.33. The van der Waals surface area contributed by atoms with Crippen LogP contribution in [0.15, 0.2) is 4.99 Å². The van der Waals surface area contributed by atoms with Crippen LogP contribution in [-0.2, 0) is 0 Å². The van der Waals surface area contributed by atoms with E-state index in [0.29, 0.717) is 5.41 Å². The summed E-state index contributed by atoms with van der Waals surface area (Å²) >= 11 is 0. The molecule has 1 aliphatic carbocycles. The van der Waals surface area contributed by atoms with Crippen molar-refractivity contribution in [1.29, 1.82) is 0 Å². The minimum absolute atomic E-state index is 0.133. The number of hydrogen-bond acceptors (Lipinski definition) is 2. The maximum Gasteiger partial charge on any atom is 0.191 e. The second kappa shape index (κ2) is 9.39. The molecular weight excluding hydrogens is 274 g/mol. The van der Waals surface area contributed by atoms with E-state index in [9.17, 15) is 5.11 Å². The third kappa shape index (κ3) is 5.79. The Morgan fingerprint density at radius 1 is 1.14 bits per heavy atom. The van der Waals surface area contributed by atoms with Crippen molar-refractivity contribution in [3.05, 3.63) is 0 Å². The van der Waals surface area contributed by atoms with Gasteiger partial charge < -0.3 is 15.7 Å². The van der Waals surface area contributed by atoms with E-state index in [0.717, 1.165) is 44.9 Å². The van der Waals surface area contributed by atoms with Gasteiger partial charge in [0.05, 0.1) is 0 Å². The Kier molecular flexibility index (Phi) is 8.23. The van der Waals surface area contributed by atoms with Crippen molar-refractivity contribution in [1.82, 2.24) is 10.6 Å². The summed E-state index contributed by atoms with van der Waals surface area (Å²) < 4.78 is 0. The van der Waals surface area contributed by atoms with Gasteiger partial charge in [0.15, 0.2) is 5.96 Å². The van der Waals surface area contributed by atoms with Crippen molar-refractivity contribution in [2.45, 2.75) is 72.6 Å². The number of aliphatic hydroxyl groups is 1. The lowest BCUT2D eigenvalue weighted by atomic mass is 9.79. The molecule has 0 aromatic carbocycles. The van der Waals surface area contributed by atoms with E-state index in [4.69, 9.17) is 4.99 Å². The molecule has 0 bridgehead atoms. The van der Waals surface area contributed by atoms with Crippen molar-refractivity contribution in [2.24, 2.45) is 15.8 Å². The Balaban J connectivity index is 2.63. The summed E-state index contributed by atoms with van der Waals surface area (Å²) in [5.41, 5.74) is 0.558. The largest absolute Gasteiger partial charge is 0.396 e. The Hall–Kier alpha value is -0.770. The standard InChI is InChI=1S/C18H37N3O/c1-5-18(6-2,12-13-22)15-21-16(19-7-3)20-14-17(4)10-8-9-11-17/h22H,5-15H2,1-4H3,(H2,19,20,21). The van der Waals surface area contributed by atoms with Crippen molar-refractivity contribution >= 4 is 5.96 Å². The first kappa shape index (κ1) is 19.3. The third-order valence-corrected chi connectivity index (χ3v) is 5.55. The topological polar surface area (TPSA) is 56.7 Å². The van der Waals surface area contributed by atoms with Crippen molar-refractivity contribution in [2.75, 3.05) is 26.2 Å². The van der Waals surface area contributed by atoms with Gasteiger partial charge in [-0.25, -0.2) is 0 Å². The fourth-order valence-corrected chi connectivity index (χ4v) is 3.43. The predicted octanol–water partition coefficient (Wildman–Crippen LogP) is 3.31. The Morgan fingerprint density at radius 3 is 2.27 bits per heavy atom. The fraction of sp³-hybridized carbons (Fsp3) is 0.944. The lowest BCUT2D eigenvalue weighted by molar-refractivity contribution is 0.175. The van der Waals surface area contributed by atoms with Gasteiger partial charge in [-0.2, -0.15) is 0 Å². The molecule has 0 amide bonds. The first-order chi connectivity index (χ1) is 10.5. The summed E-state index contributed by atoms with van der Waals surface area (Å²) in [6.45, 7) is 11.8. The van der Waals surface area contributed by atoms with Crippen molar-refractivity contribution in [3.63, 3.8) is 0 Å². The van der Waals surface area contributed by atoms with Crippen LogP contribution >= 0.6 is 0 Å². The monoisotopic (exact) mass is 311 g/mol. The molecule has 1 fully saturated rings. The molecule has 4 nitrogen and oxygen atoms in total. The molecule has 0 heterocycles. The molecule has 0 aromatic rings. The van der Waals surface area contributed by atoms with Gasteiger partial charge in [0.25, 0.3) is 0 Å². The van der Waals surface area contributed by atoms with Gasteiger partial charge in [0.2, 0.25) is 0 Å². The van der Waals surface area contributed by atoms with Gasteiger partial charge in [-0.15, -0.1) is 0 Å². The molecule has 1 aliphatic rings. The predicted molar refractivity (Wildman–Crippen MR) is 95.3 cm³/mol. The molecule has 0 aromatic heterocycles. The number of aliphatic hydroxyl groups excluding tert-OH is 1. The lowest BCUT2D eigenvalue weighted by Gasteiger charge is -2.30. The van der Waals surface area contributed by atoms with E-state index >= 15 is 0 Å². The zero-order valence-electron chi connectivity index (χ0n) is 15.2. The summed E-state index contributed by atoms with van der Waals surface area (Å²) in [4.78, 5) is 4.82. The highest BCUT2D eigenvalue weighted by Crippen LogP contribution is 2.36. The summed E-state index contributed by atoms with van der Waals surface area (Å²) in [6, 6.07) is 0. The molecule has 22 heavy (non-hydrogen) atoms. The van der Waals surface area contributed by atoms with Crippen LogP contribution in [0.2, 0.25) is 0 Å². The highest BCUT2D eigenvalue weighted by Gasteiger charge is 2.29. The van der Waals surface area contributed by atoms with E-state index < -0.39 is 0 Å². The second-order valence-corrected chi connectivity index (χ2v) is 7.25. The first-order valence-electron chi connectivity index (χ1n) is 9.16. The summed E-state index contributed by atoms with van der Waals surface area (Å²) in [5.74, 6) is 0.930. The Bertz CT molecular complexity index is 331. The van der Waals surface area contributed by atoms with E-state index in [1.165, 1.54) is 25.7 Å². The smallest absolute Gasteiger partial charge is 0.191 e. The number of nitrogens with one attached hydrogen (secondary N) is 2. The van der Waals surface area contributed by atoms with Crippen LogP contribution < -0.4 is 10.6 Å². The Labute approximate surface area is 137 Å². The van der Waals surface area contributed by atoms with Crippen LogP contribution in [-0.4, -0.2) is 37.3 Å². The molecule has 1 rings (SSSR count). The summed E-state index contributed by atoms with van der Waals surface area (Å²) in [6.07, 6.45) is 8.31. The molecule has 130 valence electrons. The molecule has 0 atom stereocenters. The van der Waals surface area contributed by atoms with Gasteiger partial charge in [-0.05, 0) is 49.9 Å². The van der Waals surface area contributed by atoms with Crippen LogP contribution in [0.25, 0.3) is 0 Å². The fourth-order valence-electron chi connectivity index (χ4n) is 3.43. The van der Waals surface area contributed by atoms with E-state index in [1.54, 1.807) is 0 Å². The molecular formula is C18H37N3O. The number of rotatable bonds is 9. The average Bonchev–Trinajstić information content (AvgIpc) is 2.96. The van der Waals surface area contributed by atoms with Gasteiger partial charge in [0, 0.05) is 26.2 Å². The minimum Gasteiger partial charge on any atom is -0.396 e. The molecule has 0 spiro atoms. The summed E-state index contributed by atoms with van der Waals surface area (Å²) in [7, 11) is 0. The third-order valence-electron chi connectivity index (χ3n) is 5.55. The number of hydrogen-bond donors (Lipinski definition) is 3. The van der Waals surface area contributed by atoms with Crippen LogP contribution in [0.4, 0.5) is 0 Å². The molecule has 0 aliphatic heterocycles. The Morgan fingerprint density at radius 2 is 1.77 bits per heavy atom. The molecule has 0 saturated heterocycles. The van der Waals surface area contributed by atoms with E-state index in [1.807, 2.05) is 0 Å². The molecule has 0 radical (unpaired) electrons. The van der Waals surface area contributed by atoms with Crippen LogP contribution in [0.5, 0.6) is 0 Å². The highest BCUT2D eigenvalue weighted by molar-refractivity contribution is 5.79. The van der Waals surface area contributed by atoms with E-state index in [2.05, 4.69) is 38.3 Å². The molecule has 0 unspecified atom stereocenters. The SMILES string of the molecule is CCNC(=NCC(CC)(CC)CCO)NCC1(C)CCCC1. The lowest BCUT2D eigenvalue weighted by Crippen LogP contribution is -2.43. The zero-order chi connectivity index (χ0) is 16.5. The normalized spacial score (nSPS) is 18.5. The van der Waals surface area contributed by atoms with Gasteiger partial charge in [0.1, 0.15) is 0 Å². The maximum absolute atomic E-state index is 9.33. The average molecular weight is 312 g/mol. The van der Waals surface area contributed by atoms with Crippen molar-refractivity contribution in [3.8, 4) is 0 Å². The second-order valence-electron chi connectivity index (χ2n) is 7.25. The number of aliphatic imine (C=N–C) groups is 1. The zero-order valence-corrected chi connectivity index (χ0v) is 15.2. The summed E-state index contributed by atoms with van der Waals surface area (Å²) in [5, 5.41) is 16.2. The van der Waals surface area contributed by atoms with Crippen LogP contribution in [0.3, 0.4) is 0 Å². The first-order valence-corrected chi connectivity index (χ1v) is 9.16. The highest BCUT2D eigenvalue weighted by atomic mass is 16.3. The van der Waals surface area contributed by atoms with Crippen LogP contribution in [0, 0.1) is 10.8 Å². The van der Waals surface area contributed by atoms with Crippen molar-refractivity contribution < 1.29 is 5.11 Å². The minimum atomic E-state index is 0.133. The molecule has 3 N–H and O–H groups in total. The van der Waals surface area contributed by atoms with Gasteiger partial charge in [-0.3, -0.25) is 4.99 Å².